The number of carbonyl (C=O) groups is 2. The van der Waals surface area contributed by atoms with Crippen LogP contribution in [-0.2, 0) is 22.6 Å². The maximum atomic E-state index is 12.9. The highest BCUT2D eigenvalue weighted by atomic mass is 79.9. The van der Waals surface area contributed by atoms with E-state index in [0.717, 1.165) is 15.6 Å². The van der Waals surface area contributed by atoms with Crippen molar-refractivity contribution < 1.29 is 9.59 Å². The highest BCUT2D eigenvalue weighted by Crippen LogP contribution is 2.19. The van der Waals surface area contributed by atoms with Gasteiger partial charge in [0.1, 0.15) is 6.04 Å². The van der Waals surface area contributed by atoms with E-state index in [4.69, 9.17) is 11.6 Å². The summed E-state index contributed by atoms with van der Waals surface area (Å²) in [6, 6.07) is 14.7. The van der Waals surface area contributed by atoms with E-state index in [2.05, 4.69) is 21.2 Å². The van der Waals surface area contributed by atoms with Gasteiger partial charge in [-0.25, -0.2) is 0 Å². The molecule has 26 heavy (non-hydrogen) atoms. The van der Waals surface area contributed by atoms with Crippen LogP contribution in [0.5, 0.6) is 0 Å². The third kappa shape index (κ3) is 5.58. The Morgan fingerprint density at radius 1 is 1.15 bits per heavy atom. The lowest BCUT2D eigenvalue weighted by Gasteiger charge is -2.28. The molecular weight excluding hydrogens is 416 g/mol. The van der Waals surface area contributed by atoms with Gasteiger partial charge in [0.25, 0.3) is 0 Å². The van der Waals surface area contributed by atoms with Gasteiger partial charge in [0, 0.05) is 29.5 Å². The van der Waals surface area contributed by atoms with Gasteiger partial charge in [-0.15, -0.1) is 0 Å². The molecule has 0 aliphatic heterocycles. The molecule has 2 aromatic carbocycles. The van der Waals surface area contributed by atoms with Crippen LogP contribution in [-0.4, -0.2) is 29.8 Å². The van der Waals surface area contributed by atoms with Crippen LogP contribution in [0.15, 0.2) is 53.0 Å². The molecule has 0 bridgehead atoms. The molecule has 0 saturated heterocycles. The first-order valence-electron chi connectivity index (χ1n) is 8.41. The molecule has 1 atom stereocenters. The van der Waals surface area contributed by atoms with E-state index in [0.29, 0.717) is 24.4 Å². The van der Waals surface area contributed by atoms with E-state index in [1.165, 1.54) is 0 Å². The molecule has 0 aromatic heterocycles. The average Bonchev–Trinajstić information content (AvgIpc) is 2.65. The normalized spacial score (nSPS) is 11.7. The molecular formula is C20H22BrClN2O2. The van der Waals surface area contributed by atoms with Gasteiger partial charge in [-0.1, -0.05) is 57.9 Å². The van der Waals surface area contributed by atoms with Gasteiger partial charge in [-0.3, -0.25) is 9.59 Å². The summed E-state index contributed by atoms with van der Waals surface area (Å²) in [5, 5.41) is 3.27. The van der Waals surface area contributed by atoms with Crippen molar-refractivity contribution in [2.24, 2.45) is 0 Å². The Morgan fingerprint density at radius 3 is 2.42 bits per heavy atom. The third-order valence-electron chi connectivity index (χ3n) is 4.25. The first-order chi connectivity index (χ1) is 12.4. The number of halogens is 2. The van der Waals surface area contributed by atoms with Gasteiger partial charge in [0.15, 0.2) is 0 Å². The Hall–Kier alpha value is -1.85. The summed E-state index contributed by atoms with van der Waals surface area (Å²) in [4.78, 5) is 26.6. The quantitative estimate of drug-likeness (QED) is 0.706. The maximum Gasteiger partial charge on any atom is 0.242 e. The SMILES string of the molecule is CNC(=O)[C@@H](C)N(Cc1ccc(Br)cc1)C(=O)CCc1ccccc1Cl. The summed E-state index contributed by atoms with van der Waals surface area (Å²) < 4.78 is 0.970. The number of amides is 2. The van der Waals surface area contributed by atoms with E-state index in [9.17, 15) is 9.59 Å². The molecule has 0 heterocycles. The average molecular weight is 438 g/mol. The van der Waals surface area contributed by atoms with Crippen LogP contribution in [0, 0.1) is 0 Å². The van der Waals surface area contributed by atoms with Crippen LogP contribution in [0.4, 0.5) is 0 Å². The Bertz CT molecular complexity index is 765. The molecule has 1 N–H and O–H groups in total. The predicted molar refractivity (Wildman–Crippen MR) is 108 cm³/mol. The fourth-order valence-electron chi connectivity index (χ4n) is 2.66. The lowest BCUT2D eigenvalue weighted by atomic mass is 10.1. The van der Waals surface area contributed by atoms with Gasteiger partial charge < -0.3 is 10.2 Å². The van der Waals surface area contributed by atoms with Gasteiger partial charge in [-0.2, -0.15) is 0 Å². The fraction of sp³-hybridized carbons (Fsp3) is 0.300. The van der Waals surface area contributed by atoms with E-state index in [-0.39, 0.29) is 11.8 Å². The molecule has 0 spiro atoms. The zero-order chi connectivity index (χ0) is 19.1. The maximum absolute atomic E-state index is 12.9. The van der Waals surface area contributed by atoms with Crippen LogP contribution in [0.3, 0.4) is 0 Å². The van der Waals surface area contributed by atoms with Crippen molar-refractivity contribution in [2.75, 3.05) is 7.05 Å². The number of hydrogen-bond acceptors (Lipinski definition) is 2. The van der Waals surface area contributed by atoms with Crippen LogP contribution in [0.1, 0.15) is 24.5 Å². The Morgan fingerprint density at radius 2 is 1.81 bits per heavy atom. The lowest BCUT2D eigenvalue weighted by molar-refractivity contribution is -0.140. The number of carbonyl (C=O) groups excluding carboxylic acids is 2. The second kappa shape index (κ2) is 9.74. The summed E-state index contributed by atoms with van der Waals surface area (Å²) in [7, 11) is 1.57. The van der Waals surface area contributed by atoms with Crippen molar-refractivity contribution in [3.05, 3.63) is 69.2 Å². The molecule has 2 rings (SSSR count). The summed E-state index contributed by atoms with van der Waals surface area (Å²) in [6.07, 6.45) is 0.831. The smallest absolute Gasteiger partial charge is 0.242 e. The lowest BCUT2D eigenvalue weighted by Crippen LogP contribution is -2.46. The highest BCUT2D eigenvalue weighted by molar-refractivity contribution is 9.10. The zero-order valence-corrected chi connectivity index (χ0v) is 17.2. The van der Waals surface area contributed by atoms with Crippen LogP contribution in [0.25, 0.3) is 0 Å². The van der Waals surface area contributed by atoms with E-state index in [1.807, 2.05) is 48.5 Å². The number of nitrogens with zero attached hydrogens (tertiary/aromatic N) is 1. The molecule has 0 unspecified atom stereocenters. The summed E-state index contributed by atoms with van der Waals surface area (Å²) in [5.74, 6) is -0.267. The van der Waals surface area contributed by atoms with Crippen LogP contribution in [0.2, 0.25) is 5.02 Å². The van der Waals surface area contributed by atoms with Crippen molar-refractivity contribution in [1.82, 2.24) is 10.2 Å². The molecule has 0 aliphatic carbocycles. The van der Waals surface area contributed by atoms with Gasteiger partial charge in [0.2, 0.25) is 11.8 Å². The summed E-state index contributed by atoms with van der Waals surface area (Å²) >= 11 is 9.58. The second-order valence-corrected chi connectivity index (χ2v) is 7.35. The molecule has 2 amide bonds. The Kier molecular flexibility index (Phi) is 7.66. The van der Waals surface area contributed by atoms with E-state index >= 15 is 0 Å². The van der Waals surface area contributed by atoms with Crippen LogP contribution >= 0.6 is 27.5 Å². The largest absolute Gasteiger partial charge is 0.357 e. The summed E-state index contributed by atoms with van der Waals surface area (Å²) in [5.41, 5.74) is 1.90. The van der Waals surface area contributed by atoms with Crippen LogP contribution < -0.4 is 5.32 Å². The van der Waals surface area contributed by atoms with E-state index in [1.54, 1.807) is 18.9 Å². The van der Waals surface area contributed by atoms with Crippen molar-refractivity contribution in [1.29, 1.82) is 0 Å². The molecule has 0 saturated carbocycles. The minimum atomic E-state index is -0.553. The van der Waals surface area contributed by atoms with Crippen molar-refractivity contribution in [2.45, 2.75) is 32.4 Å². The number of aryl methyl sites for hydroxylation is 1. The second-order valence-electron chi connectivity index (χ2n) is 6.03. The van der Waals surface area contributed by atoms with E-state index < -0.39 is 6.04 Å². The summed E-state index contributed by atoms with van der Waals surface area (Å²) in [6.45, 7) is 2.12. The minimum absolute atomic E-state index is 0.0797. The van der Waals surface area contributed by atoms with Crippen molar-refractivity contribution in [3.63, 3.8) is 0 Å². The first kappa shape index (κ1) is 20.5. The number of rotatable bonds is 7. The molecule has 6 heteroatoms. The fourth-order valence-corrected chi connectivity index (χ4v) is 3.16. The number of likely N-dealkylation sites (N-methyl/N-ethyl adjacent to an activating group) is 1. The number of hydrogen-bond donors (Lipinski definition) is 1. The topological polar surface area (TPSA) is 49.4 Å². The minimum Gasteiger partial charge on any atom is -0.357 e. The standard InChI is InChI=1S/C20H22BrClN2O2/c1-14(20(26)23-2)24(13-15-7-10-17(21)11-8-15)19(25)12-9-16-5-3-4-6-18(16)22/h3-8,10-11,14H,9,12-13H2,1-2H3,(H,23,26)/t14-/m1/s1. The van der Waals surface area contributed by atoms with Gasteiger partial charge >= 0.3 is 0 Å². The molecule has 138 valence electrons. The highest BCUT2D eigenvalue weighted by Gasteiger charge is 2.25. The van der Waals surface area contributed by atoms with Crippen molar-refractivity contribution in [3.8, 4) is 0 Å². The molecule has 0 aliphatic rings. The van der Waals surface area contributed by atoms with Gasteiger partial charge in [-0.05, 0) is 42.7 Å². The molecule has 0 radical (unpaired) electrons. The molecule has 2 aromatic rings. The monoisotopic (exact) mass is 436 g/mol. The van der Waals surface area contributed by atoms with Crippen molar-refractivity contribution >= 4 is 39.3 Å². The Balaban J connectivity index is 2.13. The molecule has 0 fully saturated rings. The number of nitrogens with one attached hydrogen (secondary N) is 1. The third-order valence-corrected chi connectivity index (χ3v) is 5.14. The number of benzene rings is 2. The first-order valence-corrected chi connectivity index (χ1v) is 9.58. The molecule has 4 nitrogen and oxygen atoms in total. The van der Waals surface area contributed by atoms with Gasteiger partial charge in [0.05, 0.1) is 0 Å². The predicted octanol–water partition coefficient (Wildman–Crippen LogP) is 4.20. The zero-order valence-electron chi connectivity index (χ0n) is 14.8. The Labute approximate surface area is 167 Å².